The molecule has 38 heavy (non-hydrogen) atoms. The van der Waals surface area contributed by atoms with E-state index in [2.05, 4.69) is 80.7 Å². The molecule has 0 spiro atoms. The Morgan fingerprint density at radius 1 is 0.921 bits per heavy atom. The quantitative estimate of drug-likeness (QED) is 0.358. The molecule has 2 aromatic rings. The van der Waals surface area contributed by atoms with Crippen molar-refractivity contribution in [2.75, 3.05) is 7.11 Å². The van der Waals surface area contributed by atoms with Gasteiger partial charge in [-0.2, -0.15) is 0 Å². The zero-order valence-corrected chi connectivity index (χ0v) is 25.2. The molecule has 0 aromatic heterocycles. The summed E-state index contributed by atoms with van der Waals surface area (Å²) in [6, 6.07) is 12.3. The van der Waals surface area contributed by atoms with Crippen LogP contribution in [0.2, 0.25) is 0 Å². The number of ketones is 2. The fraction of sp³-hybridized carbons (Fsp3) is 0.438. The molecule has 0 saturated heterocycles. The van der Waals surface area contributed by atoms with Crippen molar-refractivity contribution in [1.82, 2.24) is 5.32 Å². The number of allylic oxidation sites excluding steroid dienone is 4. The summed E-state index contributed by atoms with van der Waals surface area (Å²) in [6.45, 7) is 11.0. The molecule has 1 N–H and O–H groups in total. The van der Waals surface area contributed by atoms with E-state index in [1.807, 2.05) is 18.2 Å². The van der Waals surface area contributed by atoms with Gasteiger partial charge in [-0.3, -0.25) is 9.59 Å². The summed E-state index contributed by atoms with van der Waals surface area (Å²) in [5, 5.41) is 3.59. The largest absolute Gasteiger partial charge is 0.493 e. The summed E-state index contributed by atoms with van der Waals surface area (Å²) < 4.78 is 13.0. The number of carbonyl (C=O) groups excluding carboxylic acids is 2. The van der Waals surface area contributed by atoms with Crippen LogP contribution in [0, 0.1) is 21.3 Å². The lowest BCUT2D eigenvalue weighted by Gasteiger charge is -2.44. The third-order valence-electron chi connectivity index (χ3n) is 7.77. The lowest BCUT2D eigenvalue weighted by atomic mass is 9.64. The van der Waals surface area contributed by atoms with Gasteiger partial charge in [0.1, 0.15) is 6.61 Å². The van der Waals surface area contributed by atoms with Crippen LogP contribution in [0.25, 0.3) is 0 Å². The zero-order chi connectivity index (χ0) is 27.4. The van der Waals surface area contributed by atoms with Crippen LogP contribution in [0.4, 0.5) is 0 Å². The van der Waals surface area contributed by atoms with Crippen molar-refractivity contribution < 1.29 is 19.1 Å². The van der Waals surface area contributed by atoms with Gasteiger partial charge in [-0.1, -0.05) is 57.5 Å². The van der Waals surface area contributed by atoms with Crippen molar-refractivity contribution in [3.8, 4) is 11.5 Å². The lowest BCUT2D eigenvalue weighted by Crippen LogP contribution is -2.42. The molecule has 2 aliphatic carbocycles. The first kappa shape index (κ1) is 27.0. The number of benzene rings is 2. The number of hydrogen-bond donors (Lipinski definition) is 1. The lowest BCUT2D eigenvalue weighted by molar-refractivity contribution is -0.119. The number of methoxy groups -OCH3 is 1. The first-order valence-electron chi connectivity index (χ1n) is 13.2. The van der Waals surface area contributed by atoms with Gasteiger partial charge in [0.2, 0.25) is 0 Å². The van der Waals surface area contributed by atoms with E-state index in [4.69, 9.17) is 9.47 Å². The van der Waals surface area contributed by atoms with Gasteiger partial charge in [0.05, 0.1) is 10.7 Å². The summed E-state index contributed by atoms with van der Waals surface area (Å²) >= 11 is 2.27. The highest BCUT2D eigenvalue weighted by Gasteiger charge is 2.46. The monoisotopic (exact) mass is 625 g/mol. The number of ether oxygens (including phenoxy) is 2. The first-order valence-corrected chi connectivity index (χ1v) is 14.3. The smallest absolute Gasteiger partial charge is 0.174 e. The Hall–Kier alpha value is -2.61. The van der Waals surface area contributed by atoms with Gasteiger partial charge in [-0.15, -0.1) is 0 Å². The number of nitrogens with one attached hydrogen (secondary N) is 1. The fourth-order valence-electron chi connectivity index (χ4n) is 6.23. The number of aryl methyl sites for hydroxylation is 1. The summed E-state index contributed by atoms with van der Waals surface area (Å²) in [4.78, 5) is 27.3. The maximum absolute atomic E-state index is 13.6. The molecule has 0 fully saturated rings. The van der Waals surface area contributed by atoms with Crippen molar-refractivity contribution in [3.05, 3.63) is 79.2 Å². The molecule has 3 aliphatic rings. The van der Waals surface area contributed by atoms with Crippen LogP contribution in [0.15, 0.2) is 58.9 Å². The van der Waals surface area contributed by atoms with E-state index in [0.29, 0.717) is 30.9 Å². The van der Waals surface area contributed by atoms with Crippen LogP contribution in [-0.2, 0) is 16.2 Å². The van der Waals surface area contributed by atoms with Crippen LogP contribution in [0.1, 0.15) is 76.0 Å². The van der Waals surface area contributed by atoms with E-state index in [1.54, 1.807) is 7.11 Å². The minimum atomic E-state index is -0.401. The Balaban J connectivity index is 1.60. The van der Waals surface area contributed by atoms with E-state index in [9.17, 15) is 9.59 Å². The fourth-order valence-corrected chi connectivity index (χ4v) is 7.01. The number of dihydropyridines is 1. The highest BCUT2D eigenvalue weighted by Crippen LogP contribution is 2.52. The number of carbonyl (C=O) groups is 2. The summed E-state index contributed by atoms with van der Waals surface area (Å²) in [5.41, 5.74) is 6.33. The van der Waals surface area contributed by atoms with E-state index >= 15 is 0 Å². The number of halogens is 1. The van der Waals surface area contributed by atoms with Crippen LogP contribution in [0.5, 0.6) is 11.5 Å². The maximum Gasteiger partial charge on any atom is 0.174 e. The van der Waals surface area contributed by atoms with Crippen LogP contribution < -0.4 is 14.8 Å². The third-order valence-corrected chi connectivity index (χ3v) is 8.57. The summed E-state index contributed by atoms with van der Waals surface area (Å²) in [6.07, 6.45) is 2.50. The first-order chi connectivity index (χ1) is 17.9. The second-order valence-corrected chi connectivity index (χ2v) is 13.7. The number of hydrogen-bond acceptors (Lipinski definition) is 5. The van der Waals surface area contributed by atoms with Crippen molar-refractivity contribution in [2.45, 2.75) is 72.8 Å². The van der Waals surface area contributed by atoms with Gasteiger partial charge in [-0.05, 0) is 76.4 Å². The van der Waals surface area contributed by atoms with E-state index < -0.39 is 5.92 Å². The summed E-state index contributed by atoms with van der Waals surface area (Å²) in [5.74, 6) is 1.11. The average Bonchev–Trinajstić information content (AvgIpc) is 2.80. The van der Waals surface area contributed by atoms with E-state index in [0.717, 1.165) is 50.1 Å². The Bertz CT molecular complexity index is 1350. The minimum absolute atomic E-state index is 0.117. The Labute approximate surface area is 239 Å². The van der Waals surface area contributed by atoms with Crippen molar-refractivity contribution in [2.24, 2.45) is 10.8 Å². The van der Waals surface area contributed by atoms with Gasteiger partial charge in [-0.25, -0.2) is 0 Å². The predicted molar refractivity (Wildman–Crippen MR) is 157 cm³/mol. The van der Waals surface area contributed by atoms with Crippen molar-refractivity contribution >= 4 is 34.2 Å². The molecule has 0 amide bonds. The molecular formula is C32H36INO4. The molecule has 2 aromatic carbocycles. The second kappa shape index (κ2) is 9.85. The number of Topliss-reactive ketones (excluding diaryl/α,β-unsaturated/α-hetero) is 2. The molecule has 0 atom stereocenters. The van der Waals surface area contributed by atoms with Crippen molar-refractivity contribution in [1.29, 1.82) is 0 Å². The molecule has 0 saturated carbocycles. The summed E-state index contributed by atoms with van der Waals surface area (Å²) in [7, 11) is 1.63. The van der Waals surface area contributed by atoms with Gasteiger partial charge < -0.3 is 14.8 Å². The molecule has 6 heteroatoms. The Kier molecular flexibility index (Phi) is 6.99. The highest BCUT2D eigenvalue weighted by molar-refractivity contribution is 14.1. The molecule has 0 unspecified atom stereocenters. The zero-order valence-electron chi connectivity index (χ0n) is 23.1. The van der Waals surface area contributed by atoms with Crippen LogP contribution in [-0.4, -0.2) is 18.7 Å². The van der Waals surface area contributed by atoms with E-state index in [-0.39, 0.29) is 22.4 Å². The van der Waals surface area contributed by atoms with Crippen molar-refractivity contribution in [3.63, 3.8) is 0 Å². The standard InChI is InChI=1S/C32H36INO4/c1-18-8-7-9-19(10-18)17-38-30-21(33)11-20(12-26(30)37-6)27-28-22(13-31(2,3)15-24(28)35)34-23-14-32(4,5)16-25(36)29(23)27/h7-12,27,34H,13-17H2,1-6H3. The average molecular weight is 626 g/mol. The van der Waals surface area contributed by atoms with Crippen LogP contribution in [0.3, 0.4) is 0 Å². The maximum atomic E-state index is 13.6. The van der Waals surface area contributed by atoms with Crippen LogP contribution >= 0.6 is 22.6 Å². The van der Waals surface area contributed by atoms with E-state index in [1.165, 1.54) is 5.56 Å². The molecule has 5 nitrogen and oxygen atoms in total. The molecule has 0 bridgehead atoms. The molecule has 1 aliphatic heterocycles. The molecule has 1 heterocycles. The third kappa shape index (κ3) is 5.16. The second-order valence-electron chi connectivity index (χ2n) is 12.5. The molecule has 200 valence electrons. The minimum Gasteiger partial charge on any atom is -0.493 e. The van der Waals surface area contributed by atoms with Gasteiger partial charge >= 0.3 is 0 Å². The number of rotatable bonds is 5. The van der Waals surface area contributed by atoms with Gasteiger partial charge in [0.25, 0.3) is 0 Å². The molecular weight excluding hydrogens is 589 g/mol. The normalized spacial score (nSPS) is 20.6. The molecule has 0 radical (unpaired) electrons. The Morgan fingerprint density at radius 3 is 2.08 bits per heavy atom. The Morgan fingerprint density at radius 2 is 1.53 bits per heavy atom. The highest BCUT2D eigenvalue weighted by atomic mass is 127. The van der Waals surface area contributed by atoms with Gasteiger partial charge in [0.15, 0.2) is 23.1 Å². The van der Waals surface area contributed by atoms with Gasteiger partial charge in [0, 0.05) is 41.3 Å². The topological polar surface area (TPSA) is 64.6 Å². The predicted octanol–water partition coefficient (Wildman–Crippen LogP) is 7.16. The SMILES string of the molecule is COc1cc(C2C3=C(CC(C)(C)CC3=O)NC3=C2C(=O)CC(C)(C)C3)cc(I)c1OCc1cccc(C)c1. The molecule has 5 rings (SSSR count).